The van der Waals surface area contributed by atoms with Crippen molar-refractivity contribution in [2.24, 2.45) is 5.73 Å². The second-order valence-corrected chi connectivity index (χ2v) is 4.48. The van der Waals surface area contributed by atoms with E-state index in [1.54, 1.807) is 18.9 Å². The first-order chi connectivity index (χ1) is 6.70. The van der Waals surface area contributed by atoms with Gasteiger partial charge in [-0.05, 0) is 6.42 Å². The minimum Gasteiger partial charge on any atom is -0.385 e. The molecule has 84 valence electrons. The number of ether oxygens (including phenoxy) is 1. The summed E-state index contributed by atoms with van der Waals surface area (Å²) in [6.45, 7) is 4.00. The fraction of sp³-hybridized carbons (Fsp3) is 0.889. The summed E-state index contributed by atoms with van der Waals surface area (Å²) in [4.78, 5) is 11.2. The van der Waals surface area contributed by atoms with Gasteiger partial charge >= 0.3 is 0 Å². The molecule has 1 unspecified atom stereocenters. The number of hydrogen-bond acceptors (Lipinski definition) is 4. The van der Waals surface area contributed by atoms with Gasteiger partial charge in [0.1, 0.15) is 0 Å². The number of rotatable bonds is 8. The largest absolute Gasteiger partial charge is 0.385 e. The van der Waals surface area contributed by atoms with Gasteiger partial charge in [-0.3, -0.25) is 4.79 Å². The minimum absolute atomic E-state index is 0.0754. The SMILES string of the molecule is COCCCNC(=O)CSC(C)CN. The normalized spacial score (nSPS) is 12.5. The molecule has 0 saturated carbocycles. The minimum atomic E-state index is 0.0754. The van der Waals surface area contributed by atoms with Crippen molar-refractivity contribution in [1.29, 1.82) is 0 Å². The van der Waals surface area contributed by atoms with Gasteiger partial charge in [0.2, 0.25) is 5.91 Å². The Bertz CT molecular complexity index is 156. The smallest absolute Gasteiger partial charge is 0.230 e. The van der Waals surface area contributed by atoms with Crippen molar-refractivity contribution < 1.29 is 9.53 Å². The summed E-state index contributed by atoms with van der Waals surface area (Å²) in [5.41, 5.74) is 5.43. The first-order valence-corrected chi connectivity index (χ1v) is 5.83. The van der Waals surface area contributed by atoms with Crippen LogP contribution in [0.2, 0.25) is 0 Å². The Morgan fingerprint density at radius 3 is 2.93 bits per heavy atom. The Kier molecular flexibility index (Phi) is 9.13. The van der Waals surface area contributed by atoms with Crippen LogP contribution in [0, 0.1) is 0 Å². The number of amides is 1. The molecular weight excluding hydrogens is 200 g/mol. The molecule has 0 aromatic heterocycles. The van der Waals surface area contributed by atoms with E-state index < -0.39 is 0 Å². The van der Waals surface area contributed by atoms with Crippen LogP contribution in [0.3, 0.4) is 0 Å². The molecule has 0 bridgehead atoms. The molecule has 0 aliphatic heterocycles. The average molecular weight is 220 g/mol. The quantitative estimate of drug-likeness (QED) is 0.574. The van der Waals surface area contributed by atoms with Crippen LogP contribution in [0.1, 0.15) is 13.3 Å². The summed E-state index contributed by atoms with van der Waals surface area (Å²) in [6, 6.07) is 0. The Morgan fingerprint density at radius 1 is 1.64 bits per heavy atom. The van der Waals surface area contributed by atoms with Gasteiger partial charge in [0.15, 0.2) is 0 Å². The standard InChI is InChI=1S/C9H20N2O2S/c1-8(6-10)14-7-9(12)11-4-3-5-13-2/h8H,3-7,10H2,1-2H3,(H,11,12). The number of carbonyl (C=O) groups excluding carboxylic acids is 1. The molecule has 4 nitrogen and oxygen atoms in total. The number of nitrogens with two attached hydrogens (primary N) is 1. The lowest BCUT2D eigenvalue weighted by molar-refractivity contribution is -0.118. The third kappa shape index (κ3) is 8.34. The summed E-state index contributed by atoms with van der Waals surface area (Å²) < 4.78 is 4.87. The zero-order valence-electron chi connectivity index (χ0n) is 8.91. The van der Waals surface area contributed by atoms with E-state index in [0.717, 1.165) is 6.42 Å². The molecule has 0 fully saturated rings. The molecule has 0 radical (unpaired) electrons. The van der Waals surface area contributed by atoms with Crippen LogP contribution in [-0.4, -0.2) is 43.7 Å². The van der Waals surface area contributed by atoms with Crippen molar-refractivity contribution in [3.63, 3.8) is 0 Å². The number of methoxy groups -OCH3 is 1. The third-order valence-corrected chi connectivity index (χ3v) is 2.87. The molecule has 14 heavy (non-hydrogen) atoms. The van der Waals surface area contributed by atoms with E-state index in [-0.39, 0.29) is 5.91 Å². The van der Waals surface area contributed by atoms with Crippen molar-refractivity contribution in [3.05, 3.63) is 0 Å². The molecule has 0 aliphatic carbocycles. The summed E-state index contributed by atoms with van der Waals surface area (Å²) in [7, 11) is 1.65. The monoisotopic (exact) mass is 220 g/mol. The lowest BCUT2D eigenvalue weighted by atomic mass is 10.4. The maximum Gasteiger partial charge on any atom is 0.230 e. The molecule has 5 heteroatoms. The van der Waals surface area contributed by atoms with Crippen LogP contribution in [-0.2, 0) is 9.53 Å². The topological polar surface area (TPSA) is 64.3 Å². The number of thioether (sulfide) groups is 1. The maximum absolute atomic E-state index is 11.2. The zero-order chi connectivity index (χ0) is 10.8. The van der Waals surface area contributed by atoms with Crippen LogP contribution in [0.4, 0.5) is 0 Å². The fourth-order valence-corrected chi connectivity index (χ4v) is 1.46. The summed E-state index contributed by atoms with van der Waals surface area (Å²) in [5.74, 6) is 0.567. The molecule has 0 aliphatic rings. The molecule has 0 spiro atoms. The molecule has 0 aromatic rings. The Balaban J connectivity index is 3.28. The van der Waals surface area contributed by atoms with Gasteiger partial charge in [0.25, 0.3) is 0 Å². The van der Waals surface area contributed by atoms with Crippen molar-refractivity contribution in [3.8, 4) is 0 Å². The molecular formula is C9H20N2O2S. The zero-order valence-corrected chi connectivity index (χ0v) is 9.73. The second kappa shape index (κ2) is 9.30. The van der Waals surface area contributed by atoms with Crippen molar-refractivity contribution in [2.45, 2.75) is 18.6 Å². The van der Waals surface area contributed by atoms with Gasteiger partial charge in [-0.1, -0.05) is 6.92 Å². The van der Waals surface area contributed by atoms with E-state index >= 15 is 0 Å². The second-order valence-electron chi connectivity index (χ2n) is 3.05. The molecule has 1 atom stereocenters. The van der Waals surface area contributed by atoms with E-state index in [1.807, 2.05) is 6.92 Å². The van der Waals surface area contributed by atoms with E-state index in [1.165, 1.54) is 0 Å². The maximum atomic E-state index is 11.2. The predicted octanol–water partition coefficient (Wildman–Crippen LogP) is 0.220. The van der Waals surface area contributed by atoms with Crippen molar-refractivity contribution in [2.75, 3.05) is 32.6 Å². The van der Waals surface area contributed by atoms with Crippen LogP contribution in [0.15, 0.2) is 0 Å². The first kappa shape index (κ1) is 13.7. The molecule has 1 amide bonds. The van der Waals surface area contributed by atoms with E-state index in [0.29, 0.717) is 30.7 Å². The number of nitrogens with one attached hydrogen (secondary N) is 1. The van der Waals surface area contributed by atoms with E-state index in [2.05, 4.69) is 5.32 Å². The Hall–Kier alpha value is -0.260. The summed E-state index contributed by atoms with van der Waals surface area (Å²) in [6.07, 6.45) is 0.860. The highest BCUT2D eigenvalue weighted by atomic mass is 32.2. The number of carbonyl (C=O) groups is 1. The number of hydrogen-bond donors (Lipinski definition) is 2. The lowest BCUT2D eigenvalue weighted by Crippen LogP contribution is -2.28. The molecule has 0 aromatic carbocycles. The van der Waals surface area contributed by atoms with Gasteiger partial charge in [-0.15, -0.1) is 11.8 Å². The van der Waals surface area contributed by atoms with E-state index in [9.17, 15) is 4.79 Å². The Morgan fingerprint density at radius 2 is 2.36 bits per heavy atom. The fourth-order valence-electron chi connectivity index (χ4n) is 0.781. The first-order valence-electron chi connectivity index (χ1n) is 4.78. The molecule has 0 saturated heterocycles. The van der Waals surface area contributed by atoms with Crippen LogP contribution >= 0.6 is 11.8 Å². The molecule has 0 heterocycles. The molecule has 3 N–H and O–H groups in total. The average Bonchev–Trinajstić information content (AvgIpc) is 2.21. The van der Waals surface area contributed by atoms with Gasteiger partial charge in [0, 0.05) is 32.1 Å². The lowest BCUT2D eigenvalue weighted by Gasteiger charge is -2.08. The highest BCUT2D eigenvalue weighted by molar-refractivity contribution is 8.00. The van der Waals surface area contributed by atoms with Gasteiger partial charge in [-0.2, -0.15) is 0 Å². The Labute approximate surface area is 89.9 Å². The van der Waals surface area contributed by atoms with Crippen LogP contribution in [0.25, 0.3) is 0 Å². The van der Waals surface area contributed by atoms with Crippen molar-refractivity contribution in [1.82, 2.24) is 5.32 Å². The molecule has 0 rings (SSSR count). The van der Waals surface area contributed by atoms with Crippen molar-refractivity contribution >= 4 is 17.7 Å². The summed E-state index contributed by atoms with van der Waals surface area (Å²) in [5, 5.41) is 3.16. The third-order valence-electron chi connectivity index (χ3n) is 1.68. The summed E-state index contributed by atoms with van der Waals surface area (Å²) >= 11 is 1.58. The van der Waals surface area contributed by atoms with Crippen LogP contribution < -0.4 is 11.1 Å². The van der Waals surface area contributed by atoms with Crippen LogP contribution in [0.5, 0.6) is 0 Å². The highest BCUT2D eigenvalue weighted by Crippen LogP contribution is 2.07. The van der Waals surface area contributed by atoms with Gasteiger partial charge < -0.3 is 15.8 Å². The van der Waals surface area contributed by atoms with Gasteiger partial charge in [0.05, 0.1) is 5.75 Å². The van der Waals surface area contributed by atoms with E-state index in [4.69, 9.17) is 10.5 Å². The van der Waals surface area contributed by atoms with Gasteiger partial charge in [-0.25, -0.2) is 0 Å². The predicted molar refractivity (Wildman–Crippen MR) is 60.5 cm³/mol. The highest BCUT2D eigenvalue weighted by Gasteiger charge is 2.04.